The van der Waals surface area contributed by atoms with E-state index in [4.69, 9.17) is 0 Å². The molecule has 1 aliphatic heterocycles. The number of halogens is 1. The van der Waals surface area contributed by atoms with E-state index in [1.54, 1.807) is 0 Å². The van der Waals surface area contributed by atoms with E-state index in [0.29, 0.717) is 0 Å². The average Bonchev–Trinajstić information content (AvgIpc) is 2.88. The third-order valence-electron chi connectivity index (χ3n) is 3.81. The molecule has 2 aromatic rings. The van der Waals surface area contributed by atoms with Crippen LogP contribution >= 0.6 is 0 Å². The van der Waals surface area contributed by atoms with Gasteiger partial charge in [-0.2, -0.15) is 0 Å². The minimum absolute atomic E-state index is 0.185. The lowest BCUT2D eigenvalue weighted by molar-refractivity contribution is 0.144. The van der Waals surface area contributed by atoms with Crippen molar-refractivity contribution >= 4 is 0 Å². The zero-order valence-corrected chi connectivity index (χ0v) is 11.6. The van der Waals surface area contributed by atoms with E-state index in [2.05, 4.69) is 19.8 Å². The Balaban J connectivity index is 1.79. The zero-order chi connectivity index (χ0) is 13.9. The van der Waals surface area contributed by atoms with Gasteiger partial charge in [-0.3, -0.25) is 4.90 Å². The minimum Gasteiger partial charge on any atom is -0.337 e. The Hall–Kier alpha value is -1.72. The first-order valence-corrected chi connectivity index (χ1v) is 6.90. The Labute approximate surface area is 118 Å². The number of rotatable bonds is 3. The van der Waals surface area contributed by atoms with Gasteiger partial charge in [-0.25, -0.2) is 9.37 Å². The van der Waals surface area contributed by atoms with E-state index in [9.17, 15) is 4.39 Å². The number of nitrogens with one attached hydrogen (secondary N) is 1. The molecule has 2 heterocycles. The molecule has 1 N–H and O–H groups in total. The third kappa shape index (κ3) is 2.73. The van der Waals surface area contributed by atoms with Crippen LogP contribution in [0.5, 0.6) is 0 Å². The Kier molecular flexibility index (Phi) is 3.80. The van der Waals surface area contributed by atoms with Crippen LogP contribution in [0.1, 0.15) is 17.4 Å². The molecule has 1 aliphatic rings. The van der Waals surface area contributed by atoms with Crippen molar-refractivity contribution in [2.24, 2.45) is 7.05 Å². The number of nitrogens with zero attached hydrogens (tertiary/aromatic N) is 3. The molecule has 106 valence electrons. The highest BCUT2D eigenvalue weighted by molar-refractivity contribution is 5.16. The van der Waals surface area contributed by atoms with Crippen LogP contribution < -0.4 is 5.32 Å². The van der Waals surface area contributed by atoms with E-state index < -0.39 is 0 Å². The predicted octanol–water partition coefficient (Wildman–Crippen LogP) is 1.71. The van der Waals surface area contributed by atoms with Crippen molar-refractivity contribution in [3.8, 4) is 0 Å². The van der Waals surface area contributed by atoms with Gasteiger partial charge in [0.2, 0.25) is 0 Å². The molecule has 0 aliphatic carbocycles. The Morgan fingerprint density at radius 2 is 2.15 bits per heavy atom. The van der Waals surface area contributed by atoms with Crippen molar-refractivity contribution in [3.05, 3.63) is 53.9 Å². The van der Waals surface area contributed by atoms with E-state index in [1.165, 1.54) is 12.1 Å². The molecule has 1 aromatic heterocycles. The van der Waals surface area contributed by atoms with E-state index in [0.717, 1.165) is 37.6 Å². The smallest absolute Gasteiger partial charge is 0.127 e. The second-order valence-electron chi connectivity index (χ2n) is 5.21. The molecular weight excluding hydrogens is 255 g/mol. The number of aryl methyl sites for hydroxylation is 1. The van der Waals surface area contributed by atoms with Crippen LogP contribution in [0.2, 0.25) is 0 Å². The second kappa shape index (κ2) is 5.73. The first-order chi connectivity index (χ1) is 9.74. The van der Waals surface area contributed by atoms with Crippen molar-refractivity contribution in [2.75, 3.05) is 19.6 Å². The minimum atomic E-state index is -0.185. The van der Waals surface area contributed by atoms with Gasteiger partial charge in [0.25, 0.3) is 0 Å². The summed E-state index contributed by atoms with van der Waals surface area (Å²) in [4.78, 5) is 6.86. The maximum absolute atomic E-state index is 13.0. The summed E-state index contributed by atoms with van der Waals surface area (Å²) >= 11 is 0. The van der Waals surface area contributed by atoms with Crippen molar-refractivity contribution in [3.63, 3.8) is 0 Å². The molecular formula is C15H19FN4. The molecule has 1 atom stereocenters. The van der Waals surface area contributed by atoms with Crippen molar-refractivity contribution in [1.82, 2.24) is 19.8 Å². The quantitative estimate of drug-likeness (QED) is 0.925. The number of hydrogen-bond acceptors (Lipinski definition) is 3. The second-order valence-corrected chi connectivity index (χ2v) is 5.21. The van der Waals surface area contributed by atoms with Crippen LogP contribution in [0.15, 0.2) is 36.7 Å². The van der Waals surface area contributed by atoms with Crippen LogP contribution in [-0.2, 0) is 13.6 Å². The van der Waals surface area contributed by atoms with Crippen LogP contribution in [0, 0.1) is 5.82 Å². The molecule has 0 saturated carbocycles. The maximum atomic E-state index is 13.0. The van der Waals surface area contributed by atoms with Gasteiger partial charge in [-0.15, -0.1) is 0 Å². The molecule has 4 nitrogen and oxygen atoms in total. The summed E-state index contributed by atoms with van der Waals surface area (Å²) < 4.78 is 15.0. The molecule has 5 heteroatoms. The zero-order valence-electron chi connectivity index (χ0n) is 11.6. The number of benzene rings is 1. The monoisotopic (exact) mass is 274 g/mol. The first-order valence-electron chi connectivity index (χ1n) is 6.90. The average molecular weight is 274 g/mol. The van der Waals surface area contributed by atoms with Crippen molar-refractivity contribution < 1.29 is 4.39 Å². The molecule has 3 rings (SSSR count). The van der Waals surface area contributed by atoms with Gasteiger partial charge >= 0.3 is 0 Å². The molecule has 0 amide bonds. The highest BCUT2D eigenvalue weighted by Gasteiger charge is 2.26. The lowest BCUT2D eigenvalue weighted by Crippen LogP contribution is -2.46. The Morgan fingerprint density at radius 3 is 2.85 bits per heavy atom. The van der Waals surface area contributed by atoms with Gasteiger partial charge in [0.15, 0.2) is 0 Å². The van der Waals surface area contributed by atoms with E-state index in [-0.39, 0.29) is 11.9 Å². The lowest BCUT2D eigenvalue weighted by atomic mass is 10.1. The number of piperazine rings is 1. The summed E-state index contributed by atoms with van der Waals surface area (Å²) in [6.07, 6.45) is 3.81. The highest BCUT2D eigenvalue weighted by Crippen LogP contribution is 2.22. The molecule has 0 spiro atoms. The van der Waals surface area contributed by atoms with Crippen LogP contribution in [0.25, 0.3) is 0 Å². The van der Waals surface area contributed by atoms with Crippen LogP contribution in [0.3, 0.4) is 0 Å². The summed E-state index contributed by atoms with van der Waals surface area (Å²) in [5.41, 5.74) is 1.13. The summed E-state index contributed by atoms with van der Waals surface area (Å²) in [6.45, 7) is 3.66. The standard InChI is InChI=1S/C15H19FN4/c1-19-8-7-18-15(19)14-10-17-6-9-20(14)11-12-2-4-13(16)5-3-12/h2-5,7-8,14,17H,6,9-11H2,1H3. The molecule has 1 fully saturated rings. The Morgan fingerprint density at radius 1 is 1.35 bits per heavy atom. The molecule has 0 bridgehead atoms. The lowest BCUT2D eigenvalue weighted by Gasteiger charge is -2.35. The van der Waals surface area contributed by atoms with E-state index >= 15 is 0 Å². The van der Waals surface area contributed by atoms with Crippen molar-refractivity contribution in [2.45, 2.75) is 12.6 Å². The van der Waals surface area contributed by atoms with Crippen LogP contribution in [0.4, 0.5) is 4.39 Å². The molecule has 0 radical (unpaired) electrons. The van der Waals surface area contributed by atoms with Crippen molar-refractivity contribution in [1.29, 1.82) is 0 Å². The van der Waals surface area contributed by atoms with Gasteiger partial charge in [-0.05, 0) is 17.7 Å². The predicted molar refractivity (Wildman–Crippen MR) is 75.6 cm³/mol. The number of hydrogen-bond donors (Lipinski definition) is 1. The van der Waals surface area contributed by atoms with Gasteiger partial charge in [-0.1, -0.05) is 12.1 Å². The van der Waals surface area contributed by atoms with Crippen LogP contribution in [-0.4, -0.2) is 34.1 Å². The van der Waals surface area contributed by atoms with Gasteiger partial charge in [0.1, 0.15) is 11.6 Å². The first kappa shape index (κ1) is 13.3. The fraction of sp³-hybridized carbons (Fsp3) is 0.400. The van der Waals surface area contributed by atoms with Gasteiger partial charge in [0.05, 0.1) is 6.04 Å². The summed E-state index contributed by atoms with van der Waals surface area (Å²) in [7, 11) is 2.02. The van der Waals surface area contributed by atoms with Gasteiger partial charge in [0, 0.05) is 45.6 Å². The SMILES string of the molecule is Cn1ccnc1C1CNCCN1Cc1ccc(F)cc1. The fourth-order valence-electron chi connectivity index (χ4n) is 2.71. The topological polar surface area (TPSA) is 33.1 Å². The molecule has 1 unspecified atom stereocenters. The Bertz CT molecular complexity index is 564. The van der Waals surface area contributed by atoms with E-state index in [1.807, 2.05) is 31.6 Å². The maximum Gasteiger partial charge on any atom is 0.127 e. The summed E-state index contributed by atoms with van der Waals surface area (Å²) in [5.74, 6) is 0.883. The largest absolute Gasteiger partial charge is 0.337 e. The summed E-state index contributed by atoms with van der Waals surface area (Å²) in [6, 6.07) is 7.01. The fourth-order valence-corrected chi connectivity index (χ4v) is 2.71. The molecule has 1 saturated heterocycles. The van der Waals surface area contributed by atoms with Gasteiger partial charge < -0.3 is 9.88 Å². The number of imidazole rings is 1. The highest BCUT2D eigenvalue weighted by atomic mass is 19.1. The summed E-state index contributed by atoms with van der Waals surface area (Å²) in [5, 5.41) is 3.42. The molecule has 1 aromatic carbocycles. The third-order valence-corrected chi connectivity index (χ3v) is 3.81. The number of aromatic nitrogens is 2. The molecule has 20 heavy (non-hydrogen) atoms. The normalized spacial score (nSPS) is 20.2.